The highest BCUT2D eigenvalue weighted by molar-refractivity contribution is 5.88. The van der Waals surface area contributed by atoms with Crippen LogP contribution in [0.15, 0.2) is 54.6 Å². The van der Waals surface area contributed by atoms with Crippen molar-refractivity contribution < 1.29 is 33.3 Å². The zero-order valence-corrected chi connectivity index (χ0v) is 16.7. The molecule has 7 heteroatoms. The molecule has 154 valence electrons. The van der Waals surface area contributed by atoms with Crippen LogP contribution >= 0.6 is 0 Å². The molecular formula is C21H28O7. The Morgan fingerprint density at radius 3 is 2.14 bits per heavy atom. The molecule has 0 heterocycles. The lowest BCUT2D eigenvalue weighted by atomic mass is 10.2. The van der Waals surface area contributed by atoms with Crippen LogP contribution in [0.5, 0.6) is 5.75 Å². The molecule has 7 nitrogen and oxygen atoms in total. The van der Waals surface area contributed by atoms with Gasteiger partial charge in [-0.05, 0) is 32.9 Å². The van der Waals surface area contributed by atoms with Crippen LogP contribution in [0.1, 0.15) is 27.2 Å². The van der Waals surface area contributed by atoms with E-state index >= 15 is 0 Å². The maximum absolute atomic E-state index is 12.2. The Morgan fingerprint density at radius 1 is 1.00 bits per heavy atom. The molecule has 1 aromatic carbocycles. The third-order valence-corrected chi connectivity index (χ3v) is 3.41. The highest BCUT2D eigenvalue weighted by Crippen LogP contribution is 2.19. The quantitative estimate of drug-likeness (QED) is 0.289. The summed E-state index contributed by atoms with van der Waals surface area (Å²) < 4.78 is 26.8. The molecule has 0 saturated heterocycles. The summed E-state index contributed by atoms with van der Waals surface area (Å²) in [5, 5.41) is 0. The van der Waals surface area contributed by atoms with Crippen molar-refractivity contribution in [3.05, 3.63) is 54.6 Å². The molecule has 0 aliphatic rings. The number of ether oxygens (including phenoxy) is 5. The Balaban J connectivity index is 2.60. The van der Waals surface area contributed by atoms with Crippen LogP contribution in [0.4, 0.5) is 0 Å². The van der Waals surface area contributed by atoms with Gasteiger partial charge in [-0.3, -0.25) is 0 Å². The van der Waals surface area contributed by atoms with Gasteiger partial charge in [0.1, 0.15) is 5.75 Å². The fourth-order valence-corrected chi connectivity index (χ4v) is 2.05. The van der Waals surface area contributed by atoms with Gasteiger partial charge in [-0.2, -0.15) is 0 Å². The Kier molecular flexibility index (Phi) is 9.98. The molecule has 0 aromatic heterocycles. The largest absolute Gasteiger partial charge is 0.493 e. The number of carbonyl (C=O) groups is 2. The highest BCUT2D eigenvalue weighted by Gasteiger charge is 2.39. The fraction of sp³-hybridized carbons (Fsp3) is 0.429. The van der Waals surface area contributed by atoms with Gasteiger partial charge in [0, 0.05) is 17.6 Å². The summed E-state index contributed by atoms with van der Waals surface area (Å²) in [7, 11) is 0. The molecule has 0 amide bonds. The molecular weight excluding hydrogens is 364 g/mol. The van der Waals surface area contributed by atoms with Gasteiger partial charge in [0.2, 0.25) is 0 Å². The zero-order chi connectivity index (χ0) is 21.0. The molecule has 0 saturated carbocycles. The molecule has 0 fully saturated rings. The fourth-order valence-electron chi connectivity index (χ4n) is 2.05. The van der Waals surface area contributed by atoms with E-state index in [0.717, 1.165) is 0 Å². The third-order valence-electron chi connectivity index (χ3n) is 3.41. The summed E-state index contributed by atoms with van der Waals surface area (Å²) in [6, 6.07) is 9.22. The number of hydrogen-bond donors (Lipinski definition) is 0. The normalized spacial score (nSPS) is 10.8. The Labute approximate surface area is 165 Å². The summed E-state index contributed by atoms with van der Waals surface area (Å²) >= 11 is 0. The molecule has 0 N–H and O–H groups in total. The summed E-state index contributed by atoms with van der Waals surface area (Å²) in [5.41, 5.74) is 0.377. The molecule has 28 heavy (non-hydrogen) atoms. The molecule has 0 radical (unpaired) electrons. The number of rotatable bonds is 13. The van der Waals surface area contributed by atoms with Crippen LogP contribution in [-0.4, -0.2) is 44.3 Å². The Morgan fingerprint density at radius 2 is 1.61 bits per heavy atom. The third kappa shape index (κ3) is 7.94. The maximum Gasteiger partial charge on any atom is 0.365 e. The van der Waals surface area contributed by atoms with Crippen molar-refractivity contribution in [3.63, 3.8) is 0 Å². The first-order chi connectivity index (χ1) is 13.3. The molecule has 0 aliphatic carbocycles. The SMILES string of the molecule is C=C(C)C(=O)OC(COC(=O)C(=C)CCOc1ccccc1)(OCC)OCC. The summed E-state index contributed by atoms with van der Waals surface area (Å²) in [6.45, 7) is 12.3. The van der Waals surface area contributed by atoms with E-state index in [1.165, 1.54) is 6.92 Å². The van der Waals surface area contributed by atoms with Crippen LogP contribution in [0.3, 0.4) is 0 Å². The van der Waals surface area contributed by atoms with Crippen molar-refractivity contribution in [1.82, 2.24) is 0 Å². The van der Waals surface area contributed by atoms with E-state index in [0.29, 0.717) is 5.75 Å². The van der Waals surface area contributed by atoms with Crippen LogP contribution < -0.4 is 4.74 Å². The van der Waals surface area contributed by atoms with Gasteiger partial charge in [-0.15, -0.1) is 0 Å². The van der Waals surface area contributed by atoms with Crippen LogP contribution in [0.25, 0.3) is 0 Å². The van der Waals surface area contributed by atoms with Crippen molar-refractivity contribution in [2.24, 2.45) is 0 Å². The molecule has 0 aliphatic heterocycles. The summed E-state index contributed by atoms with van der Waals surface area (Å²) in [6.07, 6.45) is 0.273. The van der Waals surface area contributed by atoms with Gasteiger partial charge in [-0.25, -0.2) is 9.59 Å². The lowest BCUT2D eigenvalue weighted by molar-refractivity contribution is -0.370. The zero-order valence-electron chi connectivity index (χ0n) is 16.7. The lowest BCUT2D eigenvalue weighted by Gasteiger charge is -2.31. The number of para-hydroxylation sites is 1. The minimum Gasteiger partial charge on any atom is -0.493 e. The minimum atomic E-state index is -1.84. The molecule has 1 rings (SSSR count). The van der Waals surface area contributed by atoms with E-state index in [9.17, 15) is 9.59 Å². The predicted molar refractivity (Wildman–Crippen MR) is 104 cm³/mol. The average molecular weight is 392 g/mol. The van der Waals surface area contributed by atoms with Crippen LogP contribution in [-0.2, 0) is 28.5 Å². The van der Waals surface area contributed by atoms with Gasteiger partial charge < -0.3 is 23.7 Å². The number of esters is 2. The minimum absolute atomic E-state index is 0.164. The van der Waals surface area contributed by atoms with Gasteiger partial charge in [-0.1, -0.05) is 31.4 Å². The van der Waals surface area contributed by atoms with E-state index in [2.05, 4.69) is 13.2 Å². The van der Waals surface area contributed by atoms with Gasteiger partial charge in [0.05, 0.1) is 19.8 Å². The monoisotopic (exact) mass is 392 g/mol. The standard InChI is InChI=1S/C21H28O7/c1-6-26-21(27-7-2,28-19(22)16(3)4)15-25-20(23)17(5)13-14-24-18-11-9-8-10-12-18/h8-12H,3,5-7,13-15H2,1-2,4H3. The van der Waals surface area contributed by atoms with E-state index in [1.54, 1.807) is 13.8 Å². The summed E-state index contributed by atoms with van der Waals surface area (Å²) in [4.78, 5) is 24.1. The molecule has 1 aromatic rings. The smallest absolute Gasteiger partial charge is 0.365 e. The van der Waals surface area contributed by atoms with Gasteiger partial charge in [0.15, 0.2) is 6.61 Å². The van der Waals surface area contributed by atoms with Crippen molar-refractivity contribution in [1.29, 1.82) is 0 Å². The van der Waals surface area contributed by atoms with Crippen molar-refractivity contribution >= 4 is 11.9 Å². The Bertz CT molecular complexity index is 661. The van der Waals surface area contributed by atoms with E-state index in [-0.39, 0.29) is 37.4 Å². The second-order valence-electron chi connectivity index (χ2n) is 5.81. The number of hydrogen-bond acceptors (Lipinski definition) is 7. The number of carbonyl (C=O) groups excluding carboxylic acids is 2. The Hall–Kier alpha value is -2.64. The maximum atomic E-state index is 12.2. The molecule has 0 bridgehead atoms. The van der Waals surface area contributed by atoms with E-state index in [4.69, 9.17) is 23.7 Å². The lowest BCUT2D eigenvalue weighted by Crippen LogP contribution is -2.46. The first-order valence-corrected chi connectivity index (χ1v) is 9.03. The van der Waals surface area contributed by atoms with Crippen molar-refractivity contribution in [2.75, 3.05) is 26.4 Å². The van der Waals surface area contributed by atoms with Gasteiger partial charge >= 0.3 is 17.9 Å². The van der Waals surface area contributed by atoms with Crippen LogP contribution in [0, 0.1) is 0 Å². The first-order valence-electron chi connectivity index (χ1n) is 9.03. The predicted octanol–water partition coefficient (Wildman–Crippen LogP) is 3.40. The second-order valence-corrected chi connectivity index (χ2v) is 5.81. The van der Waals surface area contributed by atoms with Crippen molar-refractivity contribution in [2.45, 2.75) is 33.2 Å². The highest BCUT2D eigenvalue weighted by atomic mass is 16.9. The van der Waals surface area contributed by atoms with Gasteiger partial charge in [0.25, 0.3) is 0 Å². The average Bonchev–Trinajstić information content (AvgIpc) is 2.67. The van der Waals surface area contributed by atoms with E-state index in [1.807, 2.05) is 30.3 Å². The first kappa shape index (κ1) is 23.4. The topological polar surface area (TPSA) is 80.3 Å². The number of benzene rings is 1. The second kappa shape index (κ2) is 11.9. The summed E-state index contributed by atoms with van der Waals surface area (Å²) in [5.74, 6) is -2.52. The molecule has 0 atom stereocenters. The van der Waals surface area contributed by atoms with Crippen LogP contribution in [0.2, 0.25) is 0 Å². The van der Waals surface area contributed by atoms with Crippen molar-refractivity contribution in [3.8, 4) is 5.75 Å². The molecule has 0 unspecified atom stereocenters. The molecule has 0 spiro atoms. The van der Waals surface area contributed by atoms with E-state index < -0.39 is 24.5 Å².